The number of hydrogen-bond donors (Lipinski definition) is 0. The molecule has 0 amide bonds. The number of hydrogen-bond acceptors (Lipinski definition) is 5. The number of aryl methyl sites for hydroxylation is 1. The Morgan fingerprint density at radius 2 is 1.68 bits per heavy atom. The number of ether oxygens (including phenoxy) is 1. The Hall–Kier alpha value is -3.88. The number of anilines is 2. The second-order valence-corrected chi connectivity index (χ2v) is 7.50. The van der Waals surface area contributed by atoms with Crippen molar-refractivity contribution in [3.63, 3.8) is 0 Å². The van der Waals surface area contributed by atoms with E-state index in [0.29, 0.717) is 42.6 Å². The summed E-state index contributed by atoms with van der Waals surface area (Å²) < 4.78 is 23.1. The zero-order valence-corrected chi connectivity index (χ0v) is 17.1. The highest BCUT2D eigenvalue weighted by Crippen LogP contribution is 2.32. The molecule has 4 aromatic rings. The van der Waals surface area contributed by atoms with Crippen LogP contribution in [0.3, 0.4) is 0 Å². The number of rotatable bonds is 4. The minimum Gasteiger partial charge on any atom is -0.489 e. The van der Waals surface area contributed by atoms with E-state index in [1.807, 2.05) is 33.7 Å². The molecule has 5 rings (SSSR count). The Bertz CT molecular complexity index is 1400. The van der Waals surface area contributed by atoms with Crippen LogP contribution >= 0.6 is 0 Å². The van der Waals surface area contributed by atoms with Crippen molar-refractivity contribution >= 4 is 22.8 Å². The van der Waals surface area contributed by atoms with Gasteiger partial charge in [-0.3, -0.25) is 13.9 Å². The van der Waals surface area contributed by atoms with Gasteiger partial charge in [0.15, 0.2) is 11.2 Å². The van der Waals surface area contributed by atoms with Crippen molar-refractivity contribution in [3.8, 4) is 5.75 Å². The first-order chi connectivity index (χ1) is 14.9. The normalized spacial score (nSPS) is 13.1. The summed E-state index contributed by atoms with van der Waals surface area (Å²) in [7, 11) is 3.09. The van der Waals surface area contributed by atoms with Gasteiger partial charge in [0, 0.05) is 32.9 Å². The van der Waals surface area contributed by atoms with Crippen LogP contribution in [0.4, 0.5) is 16.0 Å². The van der Waals surface area contributed by atoms with Crippen molar-refractivity contribution in [1.82, 2.24) is 18.7 Å². The molecule has 2 aromatic carbocycles. The summed E-state index contributed by atoms with van der Waals surface area (Å²) in [5.74, 6) is 1.05. The first-order valence-electron chi connectivity index (χ1n) is 9.85. The quantitative estimate of drug-likeness (QED) is 0.506. The minimum atomic E-state index is -0.400. The Balaban J connectivity index is 1.42. The second kappa shape index (κ2) is 7.12. The van der Waals surface area contributed by atoms with Crippen molar-refractivity contribution in [2.45, 2.75) is 13.2 Å². The first-order valence-corrected chi connectivity index (χ1v) is 9.85. The van der Waals surface area contributed by atoms with E-state index in [1.165, 1.54) is 23.7 Å². The summed E-state index contributed by atoms with van der Waals surface area (Å²) in [6.07, 6.45) is 0. The molecule has 0 radical (unpaired) electrons. The Morgan fingerprint density at radius 3 is 2.39 bits per heavy atom. The van der Waals surface area contributed by atoms with E-state index in [0.717, 1.165) is 15.8 Å². The molecule has 0 N–H and O–H groups in total. The van der Waals surface area contributed by atoms with Crippen LogP contribution in [0, 0.1) is 5.82 Å². The lowest BCUT2D eigenvalue weighted by Gasteiger charge is -2.16. The summed E-state index contributed by atoms with van der Waals surface area (Å²) in [5.41, 5.74) is 1.86. The molecule has 2 aromatic heterocycles. The molecule has 0 atom stereocenters. The van der Waals surface area contributed by atoms with E-state index >= 15 is 0 Å². The Kier molecular flexibility index (Phi) is 4.39. The number of nitrogens with zero attached hydrogens (tertiary/aromatic N) is 5. The van der Waals surface area contributed by atoms with Gasteiger partial charge in [0.1, 0.15) is 18.2 Å². The number of benzene rings is 2. The molecule has 3 heterocycles. The average Bonchev–Trinajstić information content (AvgIpc) is 3.36. The van der Waals surface area contributed by atoms with Crippen molar-refractivity contribution in [1.29, 1.82) is 0 Å². The fraction of sp³-hybridized carbons (Fsp3) is 0.227. The predicted molar refractivity (Wildman–Crippen MR) is 114 cm³/mol. The number of halogens is 1. The molecule has 0 spiro atoms. The van der Waals surface area contributed by atoms with Gasteiger partial charge in [0.25, 0.3) is 5.56 Å². The summed E-state index contributed by atoms with van der Waals surface area (Å²) in [4.78, 5) is 31.5. The second-order valence-electron chi connectivity index (χ2n) is 7.50. The fourth-order valence-electron chi connectivity index (χ4n) is 3.87. The molecule has 0 fully saturated rings. The van der Waals surface area contributed by atoms with Crippen molar-refractivity contribution in [2.24, 2.45) is 14.1 Å². The van der Waals surface area contributed by atoms with Crippen LogP contribution in [0.2, 0.25) is 0 Å². The summed E-state index contributed by atoms with van der Waals surface area (Å²) in [6, 6.07) is 13.8. The van der Waals surface area contributed by atoms with Gasteiger partial charge in [-0.2, -0.15) is 4.98 Å². The summed E-state index contributed by atoms with van der Waals surface area (Å²) in [6.45, 7) is 1.61. The third-order valence-corrected chi connectivity index (χ3v) is 5.58. The molecule has 1 aliphatic rings. The van der Waals surface area contributed by atoms with Crippen molar-refractivity contribution in [2.75, 3.05) is 11.4 Å². The standard InChI is InChI=1S/C22H20FN5O3/c1-25-19-18(20(29)26(2)22(25)30)28-12-11-27(21(28)24-19)16-7-9-17(10-8-16)31-13-14-3-5-15(23)6-4-14/h3-10H,11-13H2,1-2H3. The summed E-state index contributed by atoms with van der Waals surface area (Å²) in [5, 5.41) is 0. The maximum atomic E-state index is 13.0. The molecule has 0 unspecified atom stereocenters. The van der Waals surface area contributed by atoms with Gasteiger partial charge in [-0.25, -0.2) is 9.18 Å². The zero-order chi connectivity index (χ0) is 21.7. The highest BCUT2D eigenvalue weighted by atomic mass is 19.1. The number of fused-ring (bicyclic) bond motifs is 3. The maximum absolute atomic E-state index is 13.0. The molecule has 1 aliphatic heterocycles. The summed E-state index contributed by atoms with van der Waals surface area (Å²) >= 11 is 0. The molecular formula is C22H20FN5O3. The van der Waals surface area contributed by atoms with Gasteiger partial charge in [0.05, 0.1) is 0 Å². The molecule has 0 saturated heterocycles. The number of imidazole rings is 1. The third kappa shape index (κ3) is 3.09. The van der Waals surface area contributed by atoms with E-state index in [1.54, 1.807) is 19.2 Å². The lowest BCUT2D eigenvalue weighted by Crippen LogP contribution is -2.37. The third-order valence-electron chi connectivity index (χ3n) is 5.58. The van der Waals surface area contributed by atoms with E-state index in [9.17, 15) is 14.0 Å². The van der Waals surface area contributed by atoms with Gasteiger partial charge >= 0.3 is 5.69 Å². The largest absolute Gasteiger partial charge is 0.489 e. The van der Waals surface area contributed by atoms with Crippen LogP contribution in [0.15, 0.2) is 58.1 Å². The molecule has 0 saturated carbocycles. The number of aromatic nitrogens is 4. The van der Waals surface area contributed by atoms with Crippen molar-refractivity contribution in [3.05, 3.63) is 80.7 Å². The predicted octanol–water partition coefficient (Wildman–Crippen LogP) is 2.30. The molecule has 0 aliphatic carbocycles. The van der Waals surface area contributed by atoms with Crippen LogP contribution in [0.25, 0.3) is 11.2 Å². The van der Waals surface area contributed by atoms with Gasteiger partial charge in [-0.1, -0.05) is 12.1 Å². The van der Waals surface area contributed by atoms with Crippen LogP contribution in [0.5, 0.6) is 5.75 Å². The van der Waals surface area contributed by atoms with Gasteiger partial charge in [-0.05, 0) is 42.0 Å². The molecule has 9 heteroatoms. The van der Waals surface area contributed by atoms with Crippen molar-refractivity contribution < 1.29 is 9.13 Å². The van der Waals surface area contributed by atoms with Crippen LogP contribution in [-0.2, 0) is 27.2 Å². The minimum absolute atomic E-state index is 0.275. The van der Waals surface area contributed by atoms with Gasteiger partial charge in [0.2, 0.25) is 5.95 Å². The van der Waals surface area contributed by atoms with E-state index in [2.05, 4.69) is 4.98 Å². The average molecular weight is 421 g/mol. The molecular weight excluding hydrogens is 401 g/mol. The van der Waals surface area contributed by atoms with Gasteiger partial charge < -0.3 is 14.2 Å². The van der Waals surface area contributed by atoms with Crippen LogP contribution < -0.4 is 20.9 Å². The van der Waals surface area contributed by atoms with E-state index in [-0.39, 0.29) is 11.4 Å². The van der Waals surface area contributed by atoms with E-state index in [4.69, 9.17) is 4.74 Å². The van der Waals surface area contributed by atoms with Crippen LogP contribution in [0.1, 0.15) is 5.56 Å². The highest BCUT2D eigenvalue weighted by molar-refractivity contribution is 5.77. The zero-order valence-electron chi connectivity index (χ0n) is 17.1. The Morgan fingerprint density at radius 1 is 0.968 bits per heavy atom. The maximum Gasteiger partial charge on any atom is 0.332 e. The molecule has 8 nitrogen and oxygen atoms in total. The molecule has 31 heavy (non-hydrogen) atoms. The lowest BCUT2D eigenvalue weighted by molar-refractivity contribution is 0.306. The molecule has 158 valence electrons. The molecule has 0 bridgehead atoms. The van der Waals surface area contributed by atoms with Crippen LogP contribution in [-0.4, -0.2) is 25.2 Å². The topological polar surface area (TPSA) is 74.3 Å². The van der Waals surface area contributed by atoms with Gasteiger partial charge in [-0.15, -0.1) is 0 Å². The first kappa shape index (κ1) is 19.1. The smallest absolute Gasteiger partial charge is 0.332 e. The Labute approximate surface area is 176 Å². The SMILES string of the molecule is Cn1c(=O)c2c(nc3n2CCN3c2ccc(OCc3ccc(F)cc3)cc2)n(C)c1=O. The van der Waals surface area contributed by atoms with E-state index < -0.39 is 5.69 Å². The highest BCUT2D eigenvalue weighted by Gasteiger charge is 2.28. The monoisotopic (exact) mass is 421 g/mol. The fourth-order valence-corrected chi connectivity index (χ4v) is 3.87. The lowest BCUT2D eigenvalue weighted by atomic mass is 10.2.